The van der Waals surface area contributed by atoms with Crippen molar-refractivity contribution in [1.82, 2.24) is 19.5 Å². The molecule has 3 heterocycles. The molecular formula is C21H23N5O. The minimum atomic E-state index is 0.450. The van der Waals surface area contributed by atoms with E-state index in [0.29, 0.717) is 19.0 Å². The van der Waals surface area contributed by atoms with Gasteiger partial charge in [0.1, 0.15) is 34.7 Å². The molecule has 4 aromatic rings. The molecule has 0 amide bonds. The highest BCUT2D eigenvalue weighted by atomic mass is 16.5. The third kappa shape index (κ3) is 3.43. The van der Waals surface area contributed by atoms with Crippen molar-refractivity contribution >= 4 is 27.9 Å². The van der Waals surface area contributed by atoms with Gasteiger partial charge in [-0.1, -0.05) is 31.5 Å². The first-order chi connectivity index (χ1) is 13.3. The zero-order chi connectivity index (χ0) is 18.6. The third-order valence-electron chi connectivity index (χ3n) is 4.62. The largest absolute Gasteiger partial charge is 0.492 e. The van der Waals surface area contributed by atoms with Crippen molar-refractivity contribution < 1.29 is 4.74 Å². The highest BCUT2D eigenvalue weighted by molar-refractivity contribution is 6.04. The third-order valence-corrected chi connectivity index (χ3v) is 4.62. The van der Waals surface area contributed by atoms with Gasteiger partial charge in [-0.15, -0.1) is 0 Å². The molecule has 138 valence electrons. The first-order valence-electron chi connectivity index (χ1n) is 9.35. The second-order valence-electron chi connectivity index (χ2n) is 6.51. The van der Waals surface area contributed by atoms with Crippen molar-refractivity contribution in [2.75, 3.05) is 12.3 Å². The average Bonchev–Trinajstić information content (AvgIpc) is 3.07. The molecule has 2 N–H and O–H groups in total. The Balaban J connectivity index is 1.75. The lowest BCUT2D eigenvalue weighted by atomic mass is 10.2. The Kier molecular flexibility index (Phi) is 4.87. The number of aryl methyl sites for hydroxylation is 1. The number of fused-ring (bicyclic) bond motifs is 3. The van der Waals surface area contributed by atoms with Crippen LogP contribution in [0.2, 0.25) is 0 Å². The van der Waals surface area contributed by atoms with Crippen molar-refractivity contribution in [2.24, 2.45) is 0 Å². The number of nitrogens with zero attached hydrogens (tertiary/aromatic N) is 4. The topological polar surface area (TPSA) is 78.9 Å². The van der Waals surface area contributed by atoms with Crippen LogP contribution in [0.1, 0.15) is 25.6 Å². The summed E-state index contributed by atoms with van der Waals surface area (Å²) in [5.41, 5.74) is 9.50. The SMILES string of the molecule is CCCCc1nc2c(N)nc3cccnc3c2n1CCOc1ccccc1. The molecule has 0 saturated carbocycles. The summed E-state index contributed by atoms with van der Waals surface area (Å²) in [5.74, 6) is 2.32. The van der Waals surface area contributed by atoms with Gasteiger partial charge in [-0.2, -0.15) is 0 Å². The van der Waals surface area contributed by atoms with Gasteiger partial charge in [-0.3, -0.25) is 4.98 Å². The summed E-state index contributed by atoms with van der Waals surface area (Å²) >= 11 is 0. The molecule has 6 heteroatoms. The van der Waals surface area contributed by atoms with Crippen LogP contribution in [0.25, 0.3) is 22.1 Å². The molecule has 3 aromatic heterocycles. The van der Waals surface area contributed by atoms with Crippen LogP contribution < -0.4 is 10.5 Å². The van der Waals surface area contributed by atoms with Gasteiger partial charge < -0.3 is 15.0 Å². The second-order valence-corrected chi connectivity index (χ2v) is 6.51. The van der Waals surface area contributed by atoms with Crippen molar-refractivity contribution in [2.45, 2.75) is 32.7 Å². The van der Waals surface area contributed by atoms with E-state index in [4.69, 9.17) is 15.5 Å². The van der Waals surface area contributed by atoms with Crippen LogP contribution in [0.5, 0.6) is 5.75 Å². The Morgan fingerprint density at radius 3 is 2.70 bits per heavy atom. The quantitative estimate of drug-likeness (QED) is 0.538. The molecule has 0 aliphatic rings. The van der Waals surface area contributed by atoms with Gasteiger partial charge >= 0.3 is 0 Å². The van der Waals surface area contributed by atoms with E-state index in [0.717, 1.165) is 52.9 Å². The molecule has 0 fully saturated rings. The fourth-order valence-corrected chi connectivity index (χ4v) is 3.31. The van der Waals surface area contributed by atoms with Gasteiger partial charge in [0.15, 0.2) is 5.82 Å². The van der Waals surface area contributed by atoms with E-state index in [-0.39, 0.29) is 0 Å². The summed E-state index contributed by atoms with van der Waals surface area (Å²) in [4.78, 5) is 13.8. The van der Waals surface area contributed by atoms with Crippen molar-refractivity contribution in [3.63, 3.8) is 0 Å². The van der Waals surface area contributed by atoms with E-state index in [1.807, 2.05) is 42.5 Å². The smallest absolute Gasteiger partial charge is 0.152 e. The monoisotopic (exact) mass is 361 g/mol. The lowest BCUT2D eigenvalue weighted by molar-refractivity contribution is 0.298. The lowest BCUT2D eigenvalue weighted by Crippen LogP contribution is -2.12. The maximum Gasteiger partial charge on any atom is 0.152 e. The number of para-hydroxylation sites is 1. The lowest BCUT2D eigenvalue weighted by Gasteiger charge is -2.11. The molecule has 0 spiro atoms. The summed E-state index contributed by atoms with van der Waals surface area (Å²) in [7, 11) is 0. The maximum absolute atomic E-state index is 6.21. The maximum atomic E-state index is 6.21. The Bertz CT molecular complexity index is 1060. The number of ether oxygens (including phenoxy) is 1. The fourth-order valence-electron chi connectivity index (χ4n) is 3.31. The minimum Gasteiger partial charge on any atom is -0.492 e. The van der Waals surface area contributed by atoms with E-state index >= 15 is 0 Å². The van der Waals surface area contributed by atoms with E-state index < -0.39 is 0 Å². The van der Waals surface area contributed by atoms with Crippen molar-refractivity contribution in [3.05, 3.63) is 54.5 Å². The van der Waals surface area contributed by atoms with Crippen LogP contribution in [0.4, 0.5) is 5.82 Å². The molecule has 0 atom stereocenters. The Hall–Kier alpha value is -3.15. The summed E-state index contributed by atoms with van der Waals surface area (Å²) in [6.07, 6.45) is 4.85. The zero-order valence-corrected chi connectivity index (χ0v) is 15.4. The van der Waals surface area contributed by atoms with Gasteiger partial charge in [-0.25, -0.2) is 9.97 Å². The van der Waals surface area contributed by atoms with Crippen molar-refractivity contribution in [3.8, 4) is 5.75 Å². The number of hydrogen-bond donors (Lipinski definition) is 1. The van der Waals surface area contributed by atoms with Gasteiger partial charge in [-0.05, 0) is 30.7 Å². The molecule has 0 aliphatic heterocycles. The van der Waals surface area contributed by atoms with E-state index in [9.17, 15) is 0 Å². The Labute approximate surface area is 158 Å². The number of rotatable bonds is 7. The van der Waals surface area contributed by atoms with Crippen LogP contribution >= 0.6 is 0 Å². The zero-order valence-electron chi connectivity index (χ0n) is 15.4. The van der Waals surface area contributed by atoms with Gasteiger partial charge in [0.2, 0.25) is 0 Å². The molecule has 0 aliphatic carbocycles. The normalized spacial score (nSPS) is 11.3. The van der Waals surface area contributed by atoms with Gasteiger partial charge in [0, 0.05) is 12.6 Å². The predicted octanol–water partition coefficient (Wildman–Crippen LogP) is 3.98. The second kappa shape index (κ2) is 7.61. The number of benzene rings is 1. The van der Waals surface area contributed by atoms with Crippen LogP contribution in [-0.2, 0) is 13.0 Å². The number of aromatic nitrogens is 4. The standard InChI is InChI=1S/C21H23N5O/c1-2-3-11-17-25-19-20(18-16(24-21(19)22)10-7-12-23-18)26(17)13-14-27-15-8-5-4-6-9-15/h4-10,12H,2-3,11,13-14H2,1H3,(H2,22,24). The first-order valence-corrected chi connectivity index (χ1v) is 9.35. The van der Waals surface area contributed by atoms with Crippen LogP contribution in [0, 0.1) is 0 Å². The number of nitrogen functional groups attached to an aromatic ring is 1. The van der Waals surface area contributed by atoms with E-state index in [2.05, 4.69) is 21.5 Å². The first kappa shape index (κ1) is 17.3. The predicted molar refractivity (Wildman–Crippen MR) is 108 cm³/mol. The molecule has 1 aromatic carbocycles. The van der Waals surface area contributed by atoms with Crippen LogP contribution in [0.15, 0.2) is 48.7 Å². The number of nitrogens with two attached hydrogens (primary N) is 1. The number of imidazole rings is 1. The highest BCUT2D eigenvalue weighted by Crippen LogP contribution is 2.28. The Morgan fingerprint density at radius 2 is 1.89 bits per heavy atom. The number of anilines is 1. The fraction of sp³-hybridized carbons (Fsp3) is 0.286. The van der Waals surface area contributed by atoms with Crippen LogP contribution in [-0.4, -0.2) is 26.1 Å². The summed E-state index contributed by atoms with van der Waals surface area (Å²) in [6, 6.07) is 13.6. The number of hydrogen-bond acceptors (Lipinski definition) is 5. The van der Waals surface area contributed by atoms with Crippen LogP contribution in [0.3, 0.4) is 0 Å². The molecule has 27 heavy (non-hydrogen) atoms. The summed E-state index contributed by atoms with van der Waals surface area (Å²) in [6.45, 7) is 3.41. The highest BCUT2D eigenvalue weighted by Gasteiger charge is 2.17. The molecule has 4 rings (SSSR count). The summed E-state index contributed by atoms with van der Waals surface area (Å²) in [5, 5.41) is 0. The molecule has 0 radical (unpaired) electrons. The number of pyridine rings is 2. The van der Waals surface area contributed by atoms with Crippen molar-refractivity contribution in [1.29, 1.82) is 0 Å². The average molecular weight is 361 g/mol. The molecular weight excluding hydrogens is 338 g/mol. The number of unbranched alkanes of at least 4 members (excludes halogenated alkanes) is 1. The molecule has 6 nitrogen and oxygen atoms in total. The minimum absolute atomic E-state index is 0.450. The van der Waals surface area contributed by atoms with Gasteiger partial charge in [0.05, 0.1) is 12.1 Å². The summed E-state index contributed by atoms with van der Waals surface area (Å²) < 4.78 is 8.11. The molecule has 0 saturated heterocycles. The molecule has 0 bridgehead atoms. The Morgan fingerprint density at radius 1 is 1.04 bits per heavy atom. The molecule has 0 unspecified atom stereocenters. The van der Waals surface area contributed by atoms with E-state index in [1.54, 1.807) is 6.20 Å². The van der Waals surface area contributed by atoms with E-state index in [1.165, 1.54) is 0 Å². The van der Waals surface area contributed by atoms with Gasteiger partial charge in [0.25, 0.3) is 0 Å².